The van der Waals surface area contributed by atoms with Crippen molar-refractivity contribution < 1.29 is 31.4 Å². The Kier molecular flexibility index (Phi) is 6.45. The summed E-state index contributed by atoms with van der Waals surface area (Å²) in [6, 6.07) is 1.09. The molecule has 0 fully saturated rings. The Labute approximate surface area is 176 Å². The van der Waals surface area contributed by atoms with Crippen LogP contribution in [-0.2, 0) is 12.4 Å². The minimum atomic E-state index is -4.98. The zero-order chi connectivity index (χ0) is 23.5. The Hall–Kier alpha value is -3.52. The van der Waals surface area contributed by atoms with Gasteiger partial charge in [-0.2, -0.15) is 26.3 Å². The van der Waals surface area contributed by atoms with E-state index in [0.717, 1.165) is 11.0 Å². The third-order valence-corrected chi connectivity index (χ3v) is 3.99. The van der Waals surface area contributed by atoms with Gasteiger partial charge in [-0.3, -0.25) is 9.99 Å². The SMILES string of the molecule is CN(NC(O)/C=C\n1cnc(-c2cc(C(F)(F)F)cc(C(F)(F)F)c2)n1)c1cnccn1. The third-order valence-electron chi connectivity index (χ3n) is 3.99. The first kappa shape index (κ1) is 23.1. The summed E-state index contributed by atoms with van der Waals surface area (Å²) >= 11 is 0. The summed E-state index contributed by atoms with van der Waals surface area (Å²) in [6.45, 7) is 0. The average molecular weight is 459 g/mol. The molecule has 32 heavy (non-hydrogen) atoms. The highest BCUT2D eigenvalue weighted by atomic mass is 19.4. The van der Waals surface area contributed by atoms with Crippen molar-refractivity contribution in [1.82, 2.24) is 30.2 Å². The normalized spacial score (nSPS) is 13.5. The summed E-state index contributed by atoms with van der Waals surface area (Å²) in [5, 5.41) is 15.2. The van der Waals surface area contributed by atoms with Gasteiger partial charge in [0.2, 0.25) is 0 Å². The van der Waals surface area contributed by atoms with Crippen molar-refractivity contribution in [1.29, 1.82) is 0 Å². The molecule has 1 aromatic carbocycles. The van der Waals surface area contributed by atoms with Crippen molar-refractivity contribution in [2.45, 2.75) is 18.6 Å². The van der Waals surface area contributed by atoms with Gasteiger partial charge in [-0.05, 0) is 24.3 Å². The molecule has 0 amide bonds. The molecule has 3 aromatic rings. The van der Waals surface area contributed by atoms with Crippen LogP contribution in [0.1, 0.15) is 11.1 Å². The highest BCUT2D eigenvalue weighted by Gasteiger charge is 2.37. The van der Waals surface area contributed by atoms with Crippen molar-refractivity contribution >= 4 is 12.0 Å². The van der Waals surface area contributed by atoms with Crippen molar-refractivity contribution in [2.75, 3.05) is 12.1 Å². The minimum Gasteiger partial charge on any atom is -0.373 e. The quantitative estimate of drug-likeness (QED) is 0.332. The van der Waals surface area contributed by atoms with Crippen LogP contribution in [0, 0.1) is 0 Å². The van der Waals surface area contributed by atoms with Gasteiger partial charge in [0.1, 0.15) is 12.6 Å². The number of nitrogens with zero attached hydrogens (tertiary/aromatic N) is 6. The molecule has 1 unspecified atom stereocenters. The van der Waals surface area contributed by atoms with Crippen molar-refractivity contribution in [3.8, 4) is 11.4 Å². The summed E-state index contributed by atoms with van der Waals surface area (Å²) in [6.07, 6.45) is -3.33. The van der Waals surface area contributed by atoms with Crippen molar-refractivity contribution in [2.24, 2.45) is 0 Å². The highest BCUT2D eigenvalue weighted by molar-refractivity contribution is 5.58. The topological polar surface area (TPSA) is 92.0 Å². The number of aliphatic hydroxyl groups excluding tert-OH is 1. The second-order valence-corrected chi connectivity index (χ2v) is 6.38. The molecule has 170 valence electrons. The number of nitrogens with one attached hydrogen (secondary N) is 1. The fraction of sp³-hybridized carbons (Fsp3) is 0.222. The summed E-state index contributed by atoms with van der Waals surface area (Å²) in [5.41, 5.74) is -0.760. The monoisotopic (exact) mass is 459 g/mol. The number of hydrogen-bond acceptors (Lipinski definition) is 7. The lowest BCUT2D eigenvalue weighted by Crippen LogP contribution is -2.41. The molecule has 2 N–H and O–H groups in total. The van der Waals surface area contributed by atoms with E-state index in [-0.39, 0.29) is 11.9 Å². The lowest BCUT2D eigenvalue weighted by atomic mass is 10.0. The van der Waals surface area contributed by atoms with Gasteiger partial charge in [-0.25, -0.2) is 20.1 Å². The number of rotatable bonds is 6. The summed E-state index contributed by atoms with van der Waals surface area (Å²) in [7, 11) is 1.57. The zero-order valence-corrected chi connectivity index (χ0v) is 16.2. The Balaban J connectivity index is 1.78. The maximum atomic E-state index is 13.0. The van der Waals surface area contributed by atoms with Crippen LogP contribution in [0.3, 0.4) is 0 Å². The lowest BCUT2D eigenvalue weighted by Gasteiger charge is -2.20. The van der Waals surface area contributed by atoms with E-state index in [0.29, 0.717) is 18.0 Å². The largest absolute Gasteiger partial charge is 0.416 e. The fourth-order valence-corrected chi connectivity index (χ4v) is 2.50. The standard InChI is InChI=1S/C18H15F6N7O/c1-30(14-9-25-3-4-26-14)28-15(32)2-5-31-10-27-16(29-31)11-6-12(17(19,20)21)8-13(7-11)18(22,23)24/h2-10,15,28,32H,1H3/b5-2-. The van der Waals surface area contributed by atoms with Crippen LogP contribution < -0.4 is 10.4 Å². The Morgan fingerprint density at radius 2 is 1.69 bits per heavy atom. The minimum absolute atomic E-state index is 0.0238. The summed E-state index contributed by atoms with van der Waals surface area (Å²) in [5.74, 6) is 0.0541. The average Bonchev–Trinajstić information content (AvgIpc) is 3.20. The van der Waals surface area contributed by atoms with E-state index in [1.807, 2.05) is 0 Å². The van der Waals surface area contributed by atoms with Crippen LogP contribution in [0.4, 0.5) is 32.2 Å². The first-order valence-electron chi connectivity index (χ1n) is 8.77. The number of halogens is 6. The van der Waals surface area contributed by atoms with E-state index in [4.69, 9.17) is 0 Å². The maximum Gasteiger partial charge on any atom is 0.416 e. The molecule has 0 aliphatic heterocycles. The smallest absolute Gasteiger partial charge is 0.373 e. The molecular formula is C18H15F6N7O. The lowest BCUT2D eigenvalue weighted by molar-refractivity contribution is -0.143. The van der Waals surface area contributed by atoms with E-state index < -0.39 is 35.3 Å². The van der Waals surface area contributed by atoms with Crippen LogP contribution >= 0.6 is 0 Å². The number of anilines is 1. The van der Waals surface area contributed by atoms with Crippen LogP contribution in [0.25, 0.3) is 17.6 Å². The molecule has 0 aliphatic carbocycles. The van der Waals surface area contributed by atoms with Crippen LogP contribution in [0.2, 0.25) is 0 Å². The fourth-order valence-electron chi connectivity index (χ4n) is 2.50. The number of hydrazine groups is 1. The van der Waals surface area contributed by atoms with Gasteiger partial charge in [0.05, 0.1) is 17.3 Å². The molecule has 0 bridgehead atoms. The van der Waals surface area contributed by atoms with Crippen LogP contribution in [0.15, 0.2) is 49.2 Å². The van der Waals surface area contributed by atoms with E-state index in [2.05, 4.69) is 25.5 Å². The van der Waals surface area contributed by atoms with Crippen molar-refractivity contribution in [3.63, 3.8) is 0 Å². The molecule has 14 heteroatoms. The molecule has 0 aliphatic rings. The second-order valence-electron chi connectivity index (χ2n) is 6.38. The predicted octanol–water partition coefficient (Wildman–Crippen LogP) is 3.20. The van der Waals surface area contributed by atoms with Gasteiger partial charge in [-0.1, -0.05) is 0 Å². The third kappa shape index (κ3) is 5.79. The number of benzene rings is 1. The number of aliphatic hydroxyl groups is 1. The van der Waals surface area contributed by atoms with E-state index in [1.165, 1.54) is 35.9 Å². The molecule has 0 saturated carbocycles. The van der Waals surface area contributed by atoms with Gasteiger partial charge in [0.25, 0.3) is 0 Å². The molecule has 0 saturated heterocycles. The van der Waals surface area contributed by atoms with Crippen molar-refractivity contribution in [3.05, 3.63) is 60.3 Å². The molecular weight excluding hydrogens is 444 g/mol. The molecule has 1 atom stereocenters. The number of alkyl halides is 6. The Morgan fingerprint density at radius 1 is 1.03 bits per heavy atom. The molecule has 3 rings (SSSR count). The van der Waals surface area contributed by atoms with Gasteiger partial charge in [-0.15, -0.1) is 5.10 Å². The van der Waals surface area contributed by atoms with E-state index >= 15 is 0 Å². The Morgan fingerprint density at radius 3 is 2.25 bits per heavy atom. The Bertz CT molecular complexity index is 1050. The first-order valence-corrected chi connectivity index (χ1v) is 8.77. The first-order chi connectivity index (χ1) is 14.9. The summed E-state index contributed by atoms with van der Waals surface area (Å²) < 4.78 is 79.2. The van der Waals surface area contributed by atoms with Gasteiger partial charge in [0, 0.05) is 31.2 Å². The van der Waals surface area contributed by atoms with Gasteiger partial charge >= 0.3 is 12.4 Å². The maximum absolute atomic E-state index is 13.0. The second kappa shape index (κ2) is 8.92. The number of aromatic nitrogens is 5. The molecule has 0 radical (unpaired) electrons. The van der Waals surface area contributed by atoms with E-state index in [1.54, 1.807) is 7.05 Å². The zero-order valence-electron chi connectivity index (χ0n) is 16.2. The van der Waals surface area contributed by atoms with Crippen LogP contribution in [0.5, 0.6) is 0 Å². The van der Waals surface area contributed by atoms with E-state index in [9.17, 15) is 31.4 Å². The molecule has 2 aromatic heterocycles. The predicted molar refractivity (Wildman–Crippen MR) is 100 cm³/mol. The molecule has 8 nitrogen and oxygen atoms in total. The summed E-state index contributed by atoms with van der Waals surface area (Å²) in [4.78, 5) is 11.6. The molecule has 2 heterocycles. The van der Waals surface area contributed by atoms with Crippen LogP contribution in [-0.4, -0.2) is 43.1 Å². The number of hydrogen-bond donors (Lipinski definition) is 2. The molecule has 0 spiro atoms. The van der Waals surface area contributed by atoms with Gasteiger partial charge < -0.3 is 5.11 Å². The highest BCUT2D eigenvalue weighted by Crippen LogP contribution is 2.38. The van der Waals surface area contributed by atoms with Gasteiger partial charge in [0.15, 0.2) is 11.6 Å².